The Kier molecular flexibility index (Phi) is 5.29. The summed E-state index contributed by atoms with van der Waals surface area (Å²) in [6.07, 6.45) is 1.48. The van der Waals surface area contributed by atoms with E-state index in [4.69, 9.17) is 5.14 Å². The first-order valence-electron chi connectivity index (χ1n) is 8.57. The summed E-state index contributed by atoms with van der Waals surface area (Å²) in [7, 11) is -3.72. The van der Waals surface area contributed by atoms with Gasteiger partial charge in [0.1, 0.15) is 0 Å². The zero-order chi connectivity index (χ0) is 18.7. The lowest BCUT2D eigenvalue weighted by Crippen LogP contribution is -2.40. The van der Waals surface area contributed by atoms with Crippen molar-refractivity contribution in [2.75, 3.05) is 18.0 Å². The summed E-state index contributed by atoms with van der Waals surface area (Å²) in [5.74, 6) is -0.0452. The minimum absolute atomic E-state index is 0.0452. The van der Waals surface area contributed by atoms with Crippen molar-refractivity contribution in [3.63, 3.8) is 0 Å². The van der Waals surface area contributed by atoms with Crippen LogP contribution in [0.3, 0.4) is 0 Å². The van der Waals surface area contributed by atoms with Gasteiger partial charge in [0.25, 0.3) is 0 Å². The van der Waals surface area contributed by atoms with E-state index >= 15 is 0 Å². The minimum Gasteiger partial charge on any atom is -0.359 e. The maximum Gasteiger partial charge on any atom is 0.239 e. The van der Waals surface area contributed by atoms with Crippen LogP contribution in [-0.2, 0) is 27.7 Å². The number of amides is 1. The lowest BCUT2D eigenvalue weighted by molar-refractivity contribution is -0.119. The Morgan fingerprint density at radius 1 is 1.23 bits per heavy atom. The normalized spacial score (nSPS) is 16.4. The van der Waals surface area contributed by atoms with Crippen LogP contribution in [0.5, 0.6) is 0 Å². The van der Waals surface area contributed by atoms with Crippen LogP contribution in [0.25, 0.3) is 0 Å². The van der Waals surface area contributed by atoms with Gasteiger partial charge in [0.2, 0.25) is 15.9 Å². The predicted molar refractivity (Wildman–Crippen MR) is 101 cm³/mol. The van der Waals surface area contributed by atoms with E-state index in [-0.39, 0.29) is 23.4 Å². The smallest absolute Gasteiger partial charge is 0.239 e. The summed E-state index contributed by atoms with van der Waals surface area (Å²) < 4.78 is 23.0. The number of fused-ring (bicyclic) bond motifs is 1. The van der Waals surface area contributed by atoms with Crippen LogP contribution in [0.2, 0.25) is 0 Å². The van der Waals surface area contributed by atoms with Gasteiger partial charge < -0.3 is 10.2 Å². The molecule has 3 N–H and O–H groups in total. The fourth-order valence-corrected chi connectivity index (χ4v) is 3.86. The van der Waals surface area contributed by atoms with E-state index in [1.165, 1.54) is 11.6 Å². The van der Waals surface area contributed by atoms with Gasteiger partial charge in [-0.15, -0.1) is 0 Å². The van der Waals surface area contributed by atoms with Gasteiger partial charge in [-0.25, -0.2) is 13.6 Å². The van der Waals surface area contributed by atoms with Crippen molar-refractivity contribution in [1.29, 1.82) is 0 Å². The molecule has 0 fully saturated rings. The maximum absolute atomic E-state index is 12.3. The van der Waals surface area contributed by atoms with Crippen LogP contribution in [0.4, 0.5) is 5.69 Å². The highest BCUT2D eigenvalue weighted by Gasteiger charge is 2.28. The van der Waals surface area contributed by atoms with Crippen molar-refractivity contribution in [3.05, 3.63) is 59.7 Å². The quantitative estimate of drug-likeness (QED) is 0.801. The fourth-order valence-electron chi connectivity index (χ4n) is 3.29. The monoisotopic (exact) mass is 373 g/mol. The number of nitrogens with one attached hydrogen (secondary N) is 1. The van der Waals surface area contributed by atoms with Gasteiger partial charge in [-0.3, -0.25) is 4.79 Å². The lowest BCUT2D eigenvalue weighted by Gasteiger charge is -2.24. The summed E-state index contributed by atoms with van der Waals surface area (Å²) in [4.78, 5) is 14.4. The van der Waals surface area contributed by atoms with Crippen LogP contribution in [0.1, 0.15) is 18.1 Å². The highest BCUT2D eigenvalue weighted by molar-refractivity contribution is 7.89. The van der Waals surface area contributed by atoms with Crippen molar-refractivity contribution in [1.82, 2.24) is 5.32 Å². The summed E-state index contributed by atoms with van der Waals surface area (Å²) in [5, 5.41) is 8.15. The molecule has 0 unspecified atom stereocenters. The van der Waals surface area contributed by atoms with Crippen LogP contribution in [0, 0.1) is 0 Å². The number of carbonyl (C=O) groups excluding carboxylic acids is 1. The fraction of sp³-hybridized carbons (Fsp3) is 0.316. The predicted octanol–water partition coefficient (Wildman–Crippen LogP) is 1.44. The molecule has 0 aliphatic carbocycles. The van der Waals surface area contributed by atoms with Gasteiger partial charge in [0.15, 0.2) is 0 Å². The maximum atomic E-state index is 12.3. The third kappa shape index (κ3) is 4.23. The summed E-state index contributed by atoms with van der Waals surface area (Å²) in [6, 6.07) is 15.0. The van der Waals surface area contributed by atoms with Gasteiger partial charge in [0.05, 0.1) is 11.4 Å². The molecule has 0 saturated heterocycles. The molecule has 6 nitrogen and oxygen atoms in total. The van der Waals surface area contributed by atoms with Gasteiger partial charge >= 0.3 is 0 Å². The van der Waals surface area contributed by atoms with Crippen LogP contribution < -0.4 is 15.4 Å². The van der Waals surface area contributed by atoms with Crippen LogP contribution in [0.15, 0.2) is 53.4 Å². The van der Waals surface area contributed by atoms with E-state index in [2.05, 4.69) is 5.32 Å². The number of nitrogens with zero attached hydrogens (tertiary/aromatic N) is 1. The number of hydrogen-bond acceptors (Lipinski definition) is 4. The molecule has 3 rings (SSSR count). The second kappa shape index (κ2) is 7.47. The standard InChI is InChI=1S/C19H23N3O3S/c1-14-11-16-12-17(26(20,24)25)7-8-18(16)22(14)13-19(23)21-10-9-15-5-3-2-4-6-15/h2-8,12,14H,9-11,13H2,1H3,(H,21,23)(H2,20,24,25)/t14-/m1/s1. The largest absolute Gasteiger partial charge is 0.359 e. The molecule has 138 valence electrons. The van der Waals surface area contributed by atoms with E-state index in [1.807, 2.05) is 42.2 Å². The van der Waals surface area contributed by atoms with Crippen molar-refractivity contribution in [3.8, 4) is 0 Å². The Morgan fingerprint density at radius 2 is 1.96 bits per heavy atom. The molecular formula is C19H23N3O3S. The number of benzene rings is 2. The average molecular weight is 373 g/mol. The minimum atomic E-state index is -3.72. The number of nitrogens with two attached hydrogens (primary N) is 1. The Bertz CT molecular complexity index is 898. The first-order chi connectivity index (χ1) is 12.3. The molecule has 0 radical (unpaired) electrons. The molecule has 1 aliphatic heterocycles. The third-order valence-corrected chi connectivity index (χ3v) is 5.54. The number of sulfonamides is 1. The second-order valence-corrected chi connectivity index (χ2v) is 8.16. The average Bonchev–Trinajstić information content (AvgIpc) is 2.90. The van der Waals surface area contributed by atoms with Crippen LogP contribution >= 0.6 is 0 Å². The molecule has 1 amide bonds. The van der Waals surface area contributed by atoms with Crippen molar-refractivity contribution in [2.45, 2.75) is 30.7 Å². The van der Waals surface area contributed by atoms with Gasteiger partial charge in [0, 0.05) is 18.3 Å². The van der Waals surface area contributed by atoms with Gasteiger partial charge in [-0.1, -0.05) is 30.3 Å². The van der Waals surface area contributed by atoms with E-state index in [0.29, 0.717) is 13.0 Å². The molecular weight excluding hydrogens is 350 g/mol. The summed E-state index contributed by atoms with van der Waals surface area (Å²) in [6.45, 7) is 2.85. The second-order valence-electron chi connectivity index (χ2n) is 6.60. The molecule has 2 aromatic carbocycles. The first-order valence-corrected chi connectivity index (χ1v) is 10.1. The van der Waals surface area contributed by atoms with Crippen molar-refractivity contribution in [2.24, 2.45) is 5.14 Å². The Morgan fingerprint density at radius 3 is 2.65 bits per heavy atom. The number of hydrogen-bond donors (Lipinski definition) is 2. The Balaban J connectivity index is 1.61. The van der Waals surface area contributed by atoms with Gasteiger partial charge in [-0.05, 0) is 49.1 Å². The molecule has 26 heavy (non-hydrogen) atoms. The summed E-state index contributed by atoms with van der Waals surface area (Å²) >= 11 is 0. The molecule has 2 aromatic rings. The van der Waals surface area contributed by atoms with Crippen molar-refractivity contribution < 1.29 is 13.2 Å². The number of anilines is 1. The lowest BCUT2D eigenvalue weighted by atomic mass is 10.1. The zero-order valence-corrected chi connectivity index (χ0v) is 15.5. The van der Waals surface area contributed by atoms with E-state index in [1.54, 1.807) is 12.1 Å². The molecule has 0 saturated carbocycles. The zero-order valence-electron chi connectivity index (χ0n) is 14.7. The third-order valence-electron chi connectivity index (χ3n) is 4.63. The SMILES string of the molecule is C[C@@H]1Cc2cc(S(N)(=O)=O)ccc2N1CC(=O)NCCc1ccccc1. The van der Waals surface area contributed by atoms with Gasteiger partial charge in [-0.2, -0.15) is 0 Å². The molecule has 0 bridgehead atoms. The molecule has 0 aromatic heterocycles. The molecule has 0 spiro atoms. The highest BCUT2D eigenvalue weighted by atomic mass is 32.2. The molecule has 1 heterocycles. The van der Waals surface area contributed by atoms with Crippen molar-refractivity contribution >= 4 is 21.6 Å². The molecule has 1 atom stereocenters. The number of rotatable bonds is 6. The molecule has 1 aliphatic rings. The first kappa shape index (κ1) is 18.4. The van der Waals surface area contributed by atoms with E-state index in [0.717, 1.165) is 17.7 Å². The topological polar surface area (TPSA) is 92.5 Å². The Labute approximate surface area is 154 Å². The van der Waals surface area contributed by atoms with Crippen LogP contribution in [-0.4, -0.2) is 33.5 Å². The summed E-state index contributed by atoms with van der Waals surface area (Å²) in [5.41, 5.74) is 2.98. The number of carbonyl (C=O) groups is 1. The highest BCUT2D eigenvalue weighted by Crippen LogP contribution is 2.33. The van der Waals surface area contributed by atoms with E-state index < -0.39 is 10.0 Å². The number of primary sulfonamides is 1. The Hall–Kier alpha value is -2.38. The molecule has 7 heteroatoms. The van der Waals surface area contributed by atoms with E-state index in [9.17, 15) is 13.2 Å².